The van der Waals surface area contributed by atoms with Crippen molar-refractivity contribution in [2.75, 3.05) is 0 Å². The lowest BCUT2D eigenvalue weighted by molar-refractivity contribution is 0.669. The summed E-state index contributed by atoms with van der Waals surface area (Å²) < 4.78 is 6.13. The van der Waals surface area contributed by atoms with E-state index in [1.807, 2.05) is 6.20 Å². The maximum Gasteiger partial charge on any atom is 0.135 e. The van der Waals surface area contributed by atoms with Crippen LogP contribution in [0.3, 0.4) is 0 Å². The summed E-state index contributed by atoms with van der Waals surface area (Å²) in [4.78, 5) is 4.77. The van der Waals surface area contributed by atoms with Crippen molar-refractivity contribution < 1.29 is 4.42 Å². The van der Waals surface area contributed by atoms with Gasteiger partial charge in [-0.15, -0.1) is 0 Å². The highest BCUT2D eigenvalue weighted by Crippen LogP contribution is 2.36. The number of nitrogens with zero attached hydrogens (tertiary/aromatic N) is 1. The normalized spacial score (nSPS) is 13.7. The average Bonchev–Trinajstić information content (AvgIpc) is 3.16. The molecule has 3 aromatic carbocycles. The van der Waals surface area contributed by atoms with Crippen LogP contribution in [0, 0.1) is 0 Å². The zero-order chi connectivity index (χ0) is 19.2. The second-order valence-electron chi connectivity index (χ2n) is 7.89. The third-order valence-corrected chi connectivity index (χ3v) is 6.13. The highest BCUT2D eigenvalue weighted by molar-refractivity contribution is 6.07. The second-order valence-corrected chi connectivity index (χ2v) is 7.89. The van der Waals surface area contributed by atoms with Gasteiger partial charge in [0, 0.05) is 22.5 Å². The monoisotopic (exact) mass is 375 g/mol. The Morgan fingerprint density at radius 2 is 1.38 bits per heavy atom. The SMILES string of the molecule is c1ccc(-c2ccc3oc4ccc(-c5nccc6c5CCCC6)cc4c3c2)cc1. The van der Waals surface area contributed by atoms with Crippen molar-refractivity contribution >= 4 is 21.9 Å². The lowest BCUT2D eigenvalue weighted by Crippen LogP contribution is -2.05. The van der Waals surface area contributed by atoms with Gasteiger partial charge in [0.1, 0.15) is 11.2 Å². The van der Waals surface area contributed by atoms with Crippen molar-refractivity contribution in [1.82, 2.24) is 4.98 Å². The Labute approximate surface area is 169 Å². The van der Waals surface area contributed by atoms with E-state index in [0.717, 1.165) is 34.1 Å². The molecule has 0 atom stereocenters. The molecular weight excluding hydrogens is 354 g/mol. The number of benzene rings is 3. The first-order chi connectivity index (χ1) is 14.4. The number of furan rings is 1. The summed E-state index contributed by atoms with van der Waals surface area (Å²) in [5.74, 6) is 0. The third-order valence-electron chi connectivity index (χ3n) is 6.13. The molecule has 0 saturated carbocycles. The summed E-state index contributed by atoms with van der Waals surface area (Å²) in [5, 5.41) is 2.32. The van der Waals surface area contributed by atoms with E-state index < -0.39 is 0 Å². The Balaban J connectivity index is 1.55. The van der Waals surface area contributed by atoms with Crippen molar-refractivity contribution in [3.63, 3.8) is 0 Å². The van der Waals surface area contributed by atoms with E-state index in [4.69, 9.17) is 9.40 Å². The molecule has 29 heavy (non-hydrogen) atoms. The maximum absolute atomic E-state index is 6.13. The minimum absolute atomic E-state index is 0.929. The number of aryl methyl sites for hydroxylation is 1. The number of pyridine rings is 1. The standard InChI is InChI=1S/C27H21NO/c1-2-6-18(7-3-1)20-10-12-25-23(16-20)24-17-21(11-13-26(24)29-25)27-22-9-5-4-8-19(22)14-15-28-27/h1-3,6-7,10-17H,4-5,8-9H2. The van der Waals surface area contributed by atoms with Crippen LogP contribution in [0.1, 0.15) is 24.0 Å². The van der Waals surface area contributed by atoms with E-state index in [0.29, 0.717) is 0 Å². The molecule has 2 heteroatoms. The van der Waals surface area contributed by atoms with E-state index in [2.05, 4.69) is 72.8 Å². The molecule has 5 aromatic rings. The first kappa shape index (κ1) is 16.6. The molecule has 2 nitrogen and oxygen atoms in total. The number of fused-ring (bicyclic) bond motifs is 4. The molecule has 0 saturated heterocycles. The first-order valence-corrected chi connectivity index (χ1v) is 10.4. The minimum atomic E-state index is 0.929. The van der Waals surface area contributed by atoms with Gasteiger partial charge in [-0.25, -0.2) is 0 Å². The van der Waals surface area contributed by atoms with Crippen molar-refractivity contribution in [2.45, 2.75) is 25.7 Å². The molecule has 0 aliphatic heterocycles. The summed E-state index contributed by atoms with van der Waals surface area (Å²) >= 11 is 0. The lowest BCUT2D eigenvalue weighted by Gasteiger charge is -2.18. The largest absolute Gasteiger partial charge is 0.456 e. The van der Waals surface area contributed by atoms with E-state index in [-0.39, 0.29) is 0 Å². The van der Waals surface area contributed by atoms with Gasteiger partial charge in [-0.3, -0.25) is 4.98 Å². The van der Waals surface area contributed by atoms with Crippen LogP contribution in [0.4, 0.5) is 0 Å². The van der Waals surface area contributed by atoms with Gasteiger partial charge in [-0.05, 0) is 84.3 Å². The summed E-state index contributed by atoms with van der Waals surface area (Å²) in [6.45, 7) is 0. The number of hydrogen-bond donors (Lipinski definition) is 0. The Morgan fingerprint density at radius 3 is 2.21 bits per heavy atom. The van der Waals surface area contributed by atoms with Crippen LogP contribution in [0.25, 0.3) is 44.3 Å². The zero-order valence-electron chi connectivity index (χ0n) is 16.2. The molecule has 0 N–H and O–H groups in total. The van der Waals surface area contributed by atoms with Crippen LogP contribution in [0.15, 0.2) is 83.4 Å². The fraction of sp³-hybridized carbons (Fsp3) is 0.148. The predicted octanol–water partition coefficient (Wildman–Crippen LogP) is 7.19. The Bertz CT molecular complexity index is 1350. The van der Waals surface area contributed by atoms with Crippen LogP contribution < -0.4 is 0 Å². The maximum atomic E-state index is 6.13. The second kappa shape index (κ2) is 6.59. The highest BCUT2D eigenvalue weighted by atomic mass is 16.3. The fourth-order valence-corrected chi connectivity index (χ4v) is 4.65. The summed E-state index contributed by atoms with van der Waals surface area (Å²) in [6.07, 6.45) is 6.79. The van der Waals surface area contributed by atoms with Gasteiger partial charge in [-0.2, -0.15) is 0 Å². The molecule has 2 aromatic heterocycles. The summed E-state index contributed by atoms with van der Waals surface area (Å²) in [7, 11) is 0. The number of hydrogen-bond acceptors (Lipinski definition) is 2. The first-order valence-electron chi connectivity index (χ1n) is 10.4. The zero-order valence-corrected chi connectivity index (χ0v) is 16.2. The van der Waals surface area contributed by atoms with Gasteiger partial charge in [0.25, 0.3) is 0 Å². The van der Waals surface area contributed by atoms with E-state index >= 15 is 0 Å². The Hall–Kier alpha value is -3.39. The van der Waals surface area contributed by atoms with E-state index in [1.54, 1.807) is 0 Å². The number of aromatic nitrogens is 1. The van der Waals surface area contributed by atoms with Gasteiger partial charge >= 0.3 is 0 Å². The molecule has 1 aliphatic carbocycles. The molecule has 140 valence electrons. The molecule has 2 heterocycles. The molecule has 0 spiro atoms. The lowest BCUT2D eigenvalue weighted by atomic mass is 9.89. The van der Waals surface area contributed by atoms with Crippen molar-refractivity contribution in [3.05, 3.63) is 90.1 Å². The third kappa shape index (κ3) is 2.75. The van der Waals surface area contributed by atoms with E-state index in [1.165, 1.54) is 47.1 Å². The quantitative estimate of drug-likeness (QED) is 0.326. The van der Waals surface area contributed by atoms with Crippen LogP contribution >= 0.6 is 0 Å². The predicted molar refractivity (Wildman–Crippen MR) is 119 cm³/mol. The topological polar surface area (TPSA) is 26.0 Å². The summed E-state index contributed by atoms with van der Waals surface area (Å²) in [6, 6.07) is 25.7. The van der Waals surface area contributed by atoms with Gasteiger partial charge in [0.05, 0.1) is 5.69 Å². The number of rotatable bonds is 2. The average molecular weight is 375 g/mol. The minimum Gasteiger partial charge on any atom is -0.456 e. The van der Waals surface area contributed by atoms with Crippen LogP contribution in [-0.2, 0) is 12.8 Å². The molecule has 0 fully saturated rings. The van der Waals surface area contributed by atoms with Gasteiger partial charge in [0.15, 0.2) is 0 Å². The molecule has 0 unspecified atom stereocenters. The van der Waals surface area contributed by atoms with Gasteiger partial charge < -0.3 is 4.42 Å². The van der Waals surface area contributed by atoms with Crippen LogP contribution in [0.5, 0.6) is 0 Å². The molecule has 0 bridgehead atoms. The molecule has 1 aliphatic rings. The van der Waals surface area contributed by atoms with Crippen molar-refractivity contribution in [3.8, 4) is 22.4 Å². The fourth-order valence-electron chi connectivity index (χ4n) is 4.65. The molecule has 6 rings (SSSR count). The Morgan fingerprint density at radius 1 is 0.655 bits per heavy atom. The van der Waals surface area contributed by atoms with Gasteiger partial charge in [-0.1, -0.05) is 36.4 Å². The van der Waals surface area contributed by atoms with E-state index in [9.17, 15) is 0 Å². The van der Waals surface area contributed by atoms with Crippen molar-refractivity contribution in [2.24, 2.45) is 0 Å². The molecular formula is C27H21NO. The molecule has 0 amide bonds. The van der Waals surface area contributed by atoms with Crippen molar-refractivity contribution in [1.29, 1.82) is 0 Å². The summed E-state index contributed by atoms with van der Waals surface area (Å²) in [5.41, 5.74) is 9.50. The van der Waals surface area contributed by atoms with Crippen LogP contribution in [0.2, 0.25) is 0 Å². The Kier molecular flexibility index (Phi) is 3.76. The smallest absolute Gasteiger partial charge is 0.135 e. The van der Waals surface area contributed by atoms with Gasteiger partial charge in [0.2, 0.25) is 0 Å². The molecule has 0 radical (unpaired) electrons. The highest BCUT2D eigenvalue weighted by Gasteiger charge is 2.17. The van der Waals surface area contributed by atoms with Crippen LogP contribution in [-0.4, -0.2) is 4.98 Å².